The van der Waals surface area contributed by atoms with Crippen molar-refractivity contribution in [3.63, 3.8) is 0 Å². The number of nitrogen functional groups attached to an aromatic ring is 1. The molecule has 1 heterocycles. The fourth-order valence-corrected chi connectivity index (χ4v) is 3.53. The highest BCUT2D eigenvalue weighted by Gasteiger charge is 2.29. The molecule has 1 aliphatic heterocycles. The molecule has 0 amide bonds. The Bertz CT molecular complexity index is 566. The molecule has 1 aliphatic rings. The number of hydrogen-bond donors (Lipinski definition) is 2. The first-order chi connectivity index (χ1) is 8.81. The summed E-state index contributed by atoms with van der Waals surface area (Å²) in [7, 11) is -3.72. The first kappa shape index (κ1) is 14.2. The zero-order valence-electron chi connectivity index (χ0n) is 10.8. The summed E-state index contributed by atoms with van der Waals surface area (Å²) in [6, 6.07) is 2.14. The zero-order chi connectivity index (χ0) is 14.2. The number of ether oxygens (including phenoxy) is 1. The van der Waals surface area contributed by atoms with Crippen LogP contribution >= 0.6 is 0 Å². The third kappa shape index (κ3) is 2.88. The largest absolute Gasteiger partial charge is 0.396 e. The van der Waals surface area contributed by atoms with Crippen molar-refractivity contribution in [2.45, 2.75) is 37.3 Å². The molecular weight excluding hydrogens is 271 g/mol. The van der Waals surface area contributed by atoms with Crippen molar-refractivity contribution in [1.82, 2.24) is 4.72 Å². The number of nitrogens with two attached hydrogens (primary N) is 1. The molecule has 1 saturated heterocycles. The van der Waals surface area contributed by atoms with Crippen molar-refractivity contribution in [3.05, 3.63) is 23.5 Å². The number of nitrogens with one attached hydrogen (secondary N) is 1. The zero-order valence-corrected chi connectivity index (χ0v) is 11.6. The normalized spacial score (nSPS) is 23.7. The van der Waals surface area contributed by atoms with Crippen LogP contribution in [-0.2, 0) is 14.8 Å². The Kier molecular flexibility index (Phi) is 3.80. The van der Waals surface area contributed by atoms with Crippen molar-refractivity contribution >= 4 is 15.7 Å². The number of anilines is 1. The van der Waals surface area contributed by atoms with Crippen LogP contribution in [-0.4, -0.2) is 27.2 Å². The van der Waals surface area contributed by atoms with Gasteiger partial charge in [0.05, 0.1) is 22.7 Å². The Hall–Kier alpha value is -1.18. The minimum atomic E-state index is -3.72. The van der Waals surface area contributed by atoms with Gasteiger partial charge in [-0.1, -0.05) is 0 Å². The van der Waals surface area contributed by atoms with Gasteiger partial charge in [-0.3, -0.25) is 0 Å². The molecular formula is C12H17FN2O3S. The van der Waals surface area contributed by atoms with Gasteiger partial charge in [0.15, 0.2) is 0 Å². The lowest BCUT2D eigenvalue weighted by Gasteiger charge is -2.16. The van der Waals surface area contributed by atoms with Crippen LogP contribution in [0.3, 0.4) is 0 Å². The number of halogens is 1. The van der Waals surface area contributed by atoms with E-state index in [0.29, 0.717) is 13.0 Å². The second-order valence-corrected chi connectivity index (χ2v) is 6.45. The molecule has 2 atom stereocenters. The SMILES string of the molecule is Cc1cc(S(=O)(=O)NC2CCOC2C)cc(N)c1F. The van der Waals surface area contributed by atoms with Gasteiger partial charge in [-0.05, 0) is 38.0 Å². The quantitative estimate of drug-likeness (QED) is 0.818. The fraction of sp³-hybridized carbons (Fsp3) is 0.500. The maximum Gasteiger partial charge on any atom is 0.240 e. The van der Waals surface area contributed by atoms with Gasteiger partial charge in [0.1, 0.15) is 5.82 Å². The van der Waals surface area contributed by atoms with Gasteiger partial charge in [-0.15, -0.1) is 0 Å². The summed E-state index contributed by atoms with van der Waals surface area (Å²) >= 11 is 0. The minimum absolute atomic E-state index is 0.0250. The van der Waals surface area contributed by atoms with E-state index >= 15 is 0 Å². The standard InChI is InChI=1S/C12H17FN2O3S/c1-7-5-9(6-10(14)12(7)13)19(16,17)15-11-3-4-18-8(11)2/h5-6,8,11,15H,3-4,14H2,1-2H3. The first-order valence-corrected chi connectivity index (χ1v) is 7.49. The monoisotopic (exact) mass is 288 g/mol. The highest BCUT2D eigenvalue weighted by Crippen LogP contribution is 2.22. The van der Waals surface area contributed by atoms with Crippen molar-refractivity contribution in [2.75, 3.05) is 12.3 Å². The summed E-state index contributed by atoms with van der Waals surface area (Å²) in [6.07, 6.45) is 0.449. The molecule has 0 aromatic heterocycles. The Balaban J connectivity index is 2.29. The molecule has 5 nitrogen and oxygen atoms in total. The number of benzene rings is 1. The summed E-state index contributed by atoms with van der Waals surface area (Å²) < 4.78 is 45.7. The smallest absolute Gasteiger partial charge is 0.240 e. The van der Waals surface area contributed by atoms with Crippen LogP contribution in [0.1, 0.15) is 18.9 Å². The predicted octanol–water partition coefficient (Wildman–Crippen LogP) is 1.17. The van der Waals surface area contributed by atoms with Gasteiger partial charge in [-0.25, -0.2) is 17.5 Å². The number of rotatable bonds is 3. The van der Waals surface area contributed by atoms with E-state index in [9.17, 15) is 12.8 Å². The van der Waals surface area contributed by atoms with Gasteiger partial charge in [0.25, 0.3) is 0 Å². The first-order valence-electron chi connectivity index (χ1n) is 6.01. The summed E-state index contributed by atoms with van der Waals surface area (Å²) in [4.78, 5) is -0.0250. The van der Waals surface area contributed by atoms with Gasteiger partial charge in [0.2, 0.25) is 10.0 Å². The summed E-state index contributed by atoms with van der Waals surface area (Å²) in [5, 5.41) is 0. The maximum absolute atomic E-state index is 13.4. The summed E-state index contributed by atoms with van der Waals surface area (Å²) in [5.74, 6) is -0.587. The molecule has 0 radical (unpaired) electrons. The summed E-state index contributed by atoms with van der Waals surface area (Å²) in [5.41, 5.74) is 5.50. The molecule has 2 rings (SSSR count). The van der Waals surface area contributed by atoms with Crippen LogP contribution < -0.4 is 10.5 Å². The average molecular weight is 288 g/mol. The molecule has 3 N–H and O–H groups in total. The van der Waals surface area contributed by atoms with Crippen molar-refractivity contribution < 1.29 is 17.5 Å². The van der Waals surface area contributed by atoms with Crippen LogP contribution in [0.4, 0.5) is 10.1 Å². The van der Waals surface area contributed by atoms with E-state index in [0.717, 1.165) is 6.07 Å². The van der Waals surface area contributed by atoms with Crippen molar-refractivity contribution in [2.24, 2.45) is 0 Å². The van der Waals surface area contributed by atoms with Crippen molar-refractivity contribution in [1.29, 1.82) is 0 Å². The molecule has 0 spiro atoms. The Morgan fingerprint density at radius 3 is 2.68 bits per heavy atom. The number of sulfonamides is 1. The topological polar surface area (TPSA) is 81.4 Å². The van der Waals surface area contributed by atoms with Gasteiger partial charge < -0.3 is 10.5 Å². The van der Waals surface area contributed by atoms with Crippen LogP contribution in [0.5, 0.6) is 0 Å². The third-order valence-corrected chi connectivity index (χ3v) is 4.72. The molecule has 0 bridgehead atoms. The number of hydrogen-bond acceptors (Lipinski definition) is 4. The van der Waals surface area contributed by atoms with Gasteiger partial charge in [0, 0.05) is 6.61 Å². The minimum Gasteiger partial charge on any atom is -0.396 e. The molecule has 19 heavy (non-hydrogen) atoms. The molecule has 1 fully saturated rings. The van der Waals surface area contributed by atoms with E-state index in [4.69, 9.17) is 10.5 Å². The molecule has 0 aliphatic carbocycles. The van der Waals surface area contributed by atoms with Crippen LogP contribution in [0, 0.1) is 12.7 Å². The lowest BCUT2D eigenvalue weighted by molar-refractivity contribution is 0.117. The predicted molar refractivity (Wildman–Crippen MR) is 69.7 cm³/mol. The molecule has 1 aromatic carbocycles. The third-order valence-electron chi connectivity index (χ3n) is 3.25. The molecule has 0 saturated carbocycles. The van der Waals surface area contributed by atoms with Crippen LogP contribution in [0.15, 0.2) is 17.0 Å². The summed E-state index contributed by atoms with van der Waals surface area (Å²) in [6.45, 7) is 3.81. The maximum atomic E-state index is 13.4. The molecule has 2 unspecified atom stereocenters. The second-order valence-electron chi connectivity index (χ2n) is 4.74. The van der Waals surface area contributed by atoms with E-state index < -0.39 is 15.8 Å². The van der Waals surface area contributed by atoms with E-state index in [2.05, 4.69) is 4.72 Å². The molecule has 7 heteroatoms. The van der Waals surface area contributed by atoms with E-state index in [1.807, 2.05) is 6.92 Å². The Labute approximate surface area is 112 Å². The van der Waals surface area contributed by atoms with Crippen LogP contribution in [0.25, 0.3) is 0 Å². The number of aryl methyl sites for hydroxylation is 1. The fourth-order valence-electron chi connectivity index (χ4n) is 2.07. The van der Waals surface area contributed by atoms with E-state index in [1.165, 1.54) is 13.0 Å². The van der Waals surface area contributed by atoms with Crippen LogP contribution in [0.2, 0.25) is 0 Å². The second kappa shape index (κ2) is 5.07. The van der Waals surface area contributed by atoms with E-state index in [-0.39, 0.29) is 28.3 Å². The lowest BCUT2D eigenvalue weighted by Crippen LogP contribution is -2.39. The van der Waals surface area contributed by atoms with Gasteiger partial charge >= 0.3 is 0 Å². The average Bonchev–Trinajstić information content (AvgIpc) is 2.70. The van der Waals surface area contributed by atoms with Crippen molar-refractivity contribution in [3.8, 4) is 0 Å². The lowest BCUT2D eigenvalue weighted by atomic mass is 10.2. The highest BCUT2D eigenvalue weighted by molar-refractivity contribution is 7.89. The molecule has 1 aromatic rings. The Morgan fingerprint density at radius 2 is 2.16 bits per heavy atom. The highest BCUT2D eigenvalue weighted by atomic mass is 32.2. The molecule has 106 valence electrons. The van der Waals surface area contributed by atoms with Gasteiger partial charge in [-0.2, -0.15) is 0 Å². The Morgan fingerprint density at radius 1 is 1.47 bits per heavy atom. The van der Waals surface area contributed by atoms with E-state index in [1.54, 1.807) is 0 Å².